The first-order valence-electron chi connectivity index (χ1n) is 7.50. The van der Waals surface area contributed by atoms with Crippen molar-refractivity contribution < 1.29 is 40.8 Å². The molecule has 1 aromatic carbocycles. The third-order valence-electron chi connectivity index (χ3n) is 4.12. The van der Waals surface area contributed by atoms with Crippen molar-refractivity contribution in [1.82, 2.24) is 15.0 Å². The van der Waals surface area contributed by atoms with Gasteiger partial charge in [0.15, 0.2) is 5.60 Å². The molecule has 1 saturated heterocycles. The summed E-state index contributed by atoms with van der Waals surface area (Å²) in [4.78, 5) is 16.3. The van der Waals surface area contributed by atoms with Crippen molar-refractivity contribution in [3.05, 3.63) is 35.7 Å². The van der Waals surface area contributed by atoms with Crippen LogP contribution in [0.1, 0.15) is 22.7 Å². The molecule has 6 nitrogen and oxygen atoms in total. The smallest absolute Gasteiger partial charge is 0.379 e. The molecule has 2 aromatic rings. The summed E-state index contributed by atoms with van der Waals surface area (Å²) in [5.74, 6) is -2.62. The molecule has 1 aromatic heterocycles. The van der Waals surface area contributed by atoms with E-state index in [9.17, 15) is 36.2 Å². The molecule has 0 spiro atoms. The van der Waals surface area contributed by atoms with Gasteiger partial charge in [0, 0.05) is 24.1 Å². The third-order valence-corrected chi connectivity index (χ3v) is 4.12. The predicted octanol–water partition coefficient (Wildman–Crippen LogP) is 2.89. The van der Waals surface area contributed by atoms with Gasteiger partial charge in [-0.25, -0.2) is 0 Å². The Bertz CT molecular complexity index is 846. The van der Waals surface area contributed by atoms with Crippen LogP contribution in [0.4, 0.5) is 26.3 Å². The third kappa shape index (κ3) is 3.61. The minimum absolute atomic E-state index is 0.00437. The number of alkyl halides is 6. The van der Waals surface area contributed by atoms with Gasteiger partial charge in [-0.15, -0.1) is 0 Å². The van der Waals surface area contributed by atoms with Crippen LogP contribution >= 0.6 is 0 Å². The van der Waals surface area contributed by atoms with Crippen LogP contribution in [0.2, 0.25) is 0 Å². The summed E-state index contributed by atoms with van der Waals surface area (Å²) in [7, 11) is 0. The fourth-order valence-electron chi connectivity index (χ4n) is 2.60. The fraction of sp³-hybridized carbons (Fsp3) is 0.400. The van der Waals surface area contributed by atoms with Crippen LogP contribution < -0.4 is 0 Å². The number of hydrogen-bond donors (Lipinski definition) is 1. The van der Waals surface area contributed by atoms with Crippen molar-refractivity contribution in [3.8, 4) is 11.4 Å². The molecule has 0 aliphatic carbocycles. The van der Waals surface area contributed by atoms with E-state index in [2.05, 4.69) is 14.7 Å². The summed E-state index contributed by atoms with van der Waals surface area (Å²) >= 11 is 0. The molecule has 0 bridgehead atoms. The Morgan fingerprint density at radius 3 is 2.26 bits per heavy atom. The van der Waals surface area contributed by atoms with Crippen molar-refractivity contribution in [3.63, 3.8) is 0 Å². The first-order chi connectivity index (χ1) is 12.4. The molecule has 27 heavy (non-hydrogen) atoms. The van der Waals surface area contributed by atoms with Crippen molar-refractivity contribution in [2.75, 3.05) is 13.1 Å². The van der Waals surface area contributed by atoms with Crippen LogP contribution in [0.15, 0.2) is 28.8 Å². The zero-order valence-corrected chi connectivity index (χ0v) is 13.3. The van der Waals surface area contributed by atoms with Gasteiger partial charge < -0.3 is 14.5 Å². The van der Waals surface area contributed by atoms with Gasteiger partial charge in [-0.05, 0) is 12.1 Å². The van der Waals surface area contributed by atoms with Gasteiger partial charge in [0.05, 0.1) is 6.54 Å². The molecule has 1 atom stereocenters. The number of β-amino-alcohol motifs (C(OH)–C–C–N with tert-alkyl or cyclic N) is 1. The number of aliphatic hydroxyl groups is 1. The summed E-state index contributed by atoms with van der Waals surface area (Å²) in [5, 5.41) is 12.8. The van der Waals surface area contributed by atoms with E-state index >= 15 is 0 Å². The zero-order valence-electron chi connectivity index (χ0n) is 13.3. The number of amides is 1. The van der Waals surface area contributed by atoms with E-state index in [-0.39, 0.29) is 23.5 Å². The van der Waals surface area contributed by atoms with Crippen LogP contribution in [0.3, 0.4) is 0 Å². The number of aromatic nitrogens is 2. The number of carbonyl (C=O) groups excluding carboxylic acids is 1. The Hall–Kier alpha value is -2.63. The maximum absolute atomic E-state index is 12.8. The van der Waals surface area contributed by atoms with Crippen LogP contribution in [-0.4, -0.2) is 50.9 Å². The average molecular weight is 395 g/mol. The van der Waals surface area contributed by atoms with Gasteiger partial charge in [0.25, 0.3) is 5.91 Å². The van der Waals surface area contributed by atoms with E-state index in [1.54, 1.807) is 0 Å². The van der Waals surface area contributed by atoms with Crippen molar-refractivity contribution >= 4 is 5.91 Å². The minimum Gasteiger partial charge on any atom is -0.379 e. The van der Waals surface area contributed by atoms with Gasteiger partial charge in [0.1, 0.15) is 0 Å². The van der Waals surface area contributed by atoms with E-state index in [1.807, 2.05) is 0 Å². The first-order valence-corrected chi connectivity index (χ1v) is 7.50. The van der Waals surface area contributed by atoms with Gasteiger partial charge in [-0.2, -0.15) is 31.3 Å². The number of hydrogen-bond acceptors (Lipinski definition) is 5. The molecule has 1 fully saturated rings. The Morgan fingerprint density at radius 2 is 1.78 bits per heavy atom. The molecule has 1 aliphatic rings. The van der Waals surface area contributed by atoms with E-state index in [0.717, 1.165) is 4.90 Å². The Kier molecular flexibility index (Phi) is 4.41. The maximum atomic E-state index is 12.8. The lowest BCUT2D eigenvalue weighted by molar-refractivity contribution is -0.253. The summed E-state index contributed by atoms with van der Waals surface area (Å²) in [5.41, 5.74) is -2.83. The Balaban J connectivity index is 1.74. The number of benzene rings is 1. The number of rotatable bonds is 2. The normalized spacial score (nSPS) is 20.9. The van der Waals surface area contributed by atoms with Crippen LogP contribution in [0, 0.1) is 0 Å². The molecule has 1 amide bonds. The van der Waals surface area contributed by atoms with E-state index in [4.69, 9.17) is 0 Å². The second-order valence-corrected chi connectivity index (χ2v) is 6.00. The lowest BCUT2D eigenvalue weighted by atomic mass is 10.0. The first kappa shape index (κ1) is 19.1. The number of nitrogens with zero attached hydrogens (tertiary/aromatic N) is 3. The molecule has 1 unspecified atom stereocenters. The molecule has 0 saturated carbocycles. The van der Waals surface area contributed by atoms with Gasteiger partial charge in [-0.3, -0.25) is 4.79 Å². The van der Waals surface area contributed by atoms with E-state index < -0.39 is 42.7 Å². The maximum Gasteiger partial charge on any atom is 0.471 e. The minimum atomic E-state index is -4.86. The molecule has 1 aliphatic heterocycles. The molecule has 1 N–H and O–H groups in total. The summed E-state index contributed by atoms with van der Waals surface area (Å²) in [6, 6.07) is 4.91. The van der Waals surface area contributed by atoms with Crippen LogP contribution in [0.5, 0.6) is 0 Å². The van der Waals surface area contributed by atoms with Crippen LogP contribution in [-0.2, 0) is 6.18 Å². The molecule has 3 rings (SSSR count). The Labute approximate surface area is 147 Å². The molecule has 146 valence electrons. The highest BCUT2D eigenvalue weighted by Gasteiger charge is 2.57. The predicted molar refractivity (Wildman–Crippen MR) is 76.3 cm³/mol. The Morgan fingerprint density at radius 1 is 1.15 bits per heavy atom. The molecule has 2 heterocycles. The number of halogens is 6. The van der Waals surface area contributed by atoms with Crippen molar-refractivity contribution in [1.29, 1.82) is 0 Å². The molecular formula is C15H11F6N3O3. The van der Waals surface area contributed by atoms with Crippen molar-refractivity contribution in [2.24, 2.45) is 0 Å². The highest BCUT2D eigenvalue weighted by Crippen LogP contribution is 2.38. The second kappa shape index (κ2) is 6.22. The quantitative estimate of drug-likeness (QED) is 0.792. The lowest BCUT2D eigenvalue weighted by Gasteiger charge is -2.25. The second-order valence-electron chi connectivity index (χ2n) is 6.00. The fourth-order valence-corrected chi connectivity index (χ4v) is 2.60. The largest absolute Gasteiger partial charge is 0.471 e. The van der Waals surface area contributed by atoms with Crippen LogP contribution in [0.25, 0.3) is 11.4 Å². The molecule has 12 heteroatoms. The molecular weight excluding hydrogens is 384 g/mol. The highest BCUT2D eigenvalue weighted by molar-refractivity contribution is 5.94. The topological polar surface area (TPSA) is 79.5 Å². The van der Waals surface area contributed by atoms with Gasteiger partial charge >= 0.3 is 18.2 Å². The standard InChI is InChI=1S/C15H11F6N3O3/c16-14(17,18)12-22-10(23-27-12)8-1-3-9(4-2-8)11(25)24-6-5-13(26,7-24)15(19,20)21/h1-4,26H,5-7H2. The average Bonchev–Trinajstić information content (AvgIpc) is 3.21. The summed E-state index contributed by atoms with van der Waals surface area (Å²) in [6.45, 7) is -1.17. The highest BCUT2D eigenvalue weighted by atomic mass is 19.4. The van der Waals surface area contributed by atoms with E-state index in [0.29, 0.717) is 0 Å². The zero-order chi connectivity index (χ0) is 20.0. The van der Waals surface area contributed by atoms with E-state index in [1.165, 1.54) is 24.3 Å². The van der Waals surface area contributed by atoms with Crippen molar-refractivity contribution in [2.45, 2.75) is 24.4 Å². The summed E-state index contributed by atoms with van der Waals surface area (Å²) < 4.78 is 79.9. The summed E-state index contributed by atoms with van der Waals surface area (Å²) in [6.07, 6.45) is -10.3. The number of carbonyl (C=O) groups is 1. The molecule has 0 radical (unpaired) electrons. The number of likely N-dealkylation sites (tertiary alicyclic amines) is 1. The van der Waals surface area contributed by atoms with Gasteiger partial charge in [0.2, 0.25) is 5.82 Å². The monoisotopic (exact) mass is 395 g/mol. The van der Waals surface area contributed by atoms with Gasteiger partial charge in [-0.1, -0.05) is 17.3 Å². The SMILES string of the molecule is O=C(c1ccc(-c2noc(C(F)(F)F)n2)cc1)N1CCC(O)(C(F)(F)F)C1. The lowest BCUT2D eigenvalue weighted by Crippen LogP contribution is -2.48.